The Kier molecular flexibility index (Phi) is 6.48. The molecule has 7 heteroatoms. The zero-order valence-electron chi connectivity index (χ0n) is 13.1. The Hall–Kier alpha value is -2.70. The van der Waals surface area contributed by atoms with Crippen molar-refractivity contribution in [2.24, 2.45) is 5.92 Å². The summed E-state index contributed by atoms with van der Waals surface area (Å²) in [5.41, 5.74) is 0.423. The van der Waals surface area contributed by atoms with Crippen molar-refractivity contribution in [1.82, 2.24) is 5.32 Å². The van der Waals surface area contributed by atoms with Gasteiger partial charge in [-0.25, -0.2) is 4.39 Å². The molecule has 0 saturated heterocycles. The molecule has 1 aromatic rings. The average Bonchev–Trinajstić information content (AvgIpc) is 3.06. The Morgan fingerprint density at radius 2 is 1.92 bits per heavy atom. The number of hydrogen-bond donors (Lipinski definition) is 2. The molecule has 0 unspecified atom stereocenters. The Bertz CT molecular complexity index is 628. The fourth-order valence-electron chi connectivity index (χ4n) is 2.25. The number of esters is 1. The predicted octanol–water partition coefficient (Wildman–Crippen LogP) is 1.78. The van der Waals surface area contributed by atoms with Crippen LogP contribution in [0.15, 0.2) is 36.4 Å². The van der Waals surface area contributed by atoms with E-state index in [2.05, 4.69) is 10.6 Å². The quantitative estimate of drug-likeness (QED) is 0.588. The Labute approximate surface area is 139 Å². The van der Waals surface area contributed by atoms with Crippen molar-refractivity contribution in [2.45, 2.75) is 19.3 Å². The number of amides is 2. The standard InChI is InChI=1S/C17H19FN2O4/c18-13-5-7-14(8-6-13)20-15(21)10-19-16(22)11-24-17(23)9-12-3-1-2-4-12/h1,3,5-8,12H,2,4,9-11H2,(H,19,22)(H,20,21)/t12-/m0/s1. The fourth-order valence-corrected chi connectivity index (χ4v) is 2.25. The van der Waals surface area contributed by atoms with E-state index in [1.807, 2.05) is 12.2 Å². The van der Waals surface area contributed by atoms with Gasteiger partial charge in [-0.2, -0.15) is 0 Å². The maximum atomic E-state index is 12.7. The fraction of sp³-hybridized carbons (Fsp3) is 0.353. The number of rotatable bonds is 7. The molecule has 0 fully saturated rings. The predicted molar refractivity (Wildman–Crippen MR) is 85.5 cm³/mol. The number of benzene rings is 1. The maximum absolute atomic E-state index is 12.7. The lowest BCUT2D eigenvalue weighted by atomic mass is 10.1. The minimum atomic E-state index is -0.556. The number of carbonyl (C=O) groups is 3. The summed E-state index contributed by atoms with van der Waals surface area (Å²) in [6, 6.07) is 5.25. The van der Waals surface area contributed by atoms with Gasteiger partial charge in [-0.1, -0.05) is 12.2 Å². The Morgan fingerprint density at radius 1 is 1.17 bits per heavy atom. The minimum absolute atomic E-state index is 0.182. The van der Waals surface area contributed by atoms with Gasteiger partial charge in [0.25, 0.3) is 5.91 Å². The lowest BCUT2D eigenvalue weighted by Gasteiger charge is -2.09. The molecule has 0 aromatic heterocycles. The van der Waals surface area contributed by atoms with Gasteiger partial charge in [0.15, 0.2) is 6.61 Å². The molecule has 128 valence electrons. The van der Waals surface area contributed by atoms with Gasteiger partial charge in [-0.15, -0.1) is 0 Å². The van der Waals surface area contributed by atoms with Crippen molar-refractivity contribution in [2.75, 3.05) is 18.5 Å². The second-order valence-corrected chi connectivity index (χ2v) is 5.46. The van der Waals surface area contributed by atoms with Crippen LogP contribution in [0.4, 0.5) is 10.1 Å². The third-order valence-corrected chi connectivity index (χ3v) is 3.48. The summed E-state index contributed by atoms with van der Waals surface area (Å²) in [5, 5.41) is 4.85. The molecule has 2 rings (SSSR count). The molecule has 0 heterocycles. The van der Waals surface area contributed by atoms with Crippen LogP contribution >= 0.6 is 0 Å². The summed E-state index contributed by atoms with van der Waals surface area (Å²) in [7, 11) is 0. The highest BCUT2D eigenvalue weighted by Gasteiger charge is 2.16. The number of hydrogen-bond acceptors (Lipinski definition) is 4. The second-order valence-electron chi connectivity index (χ2n) is 5.46. The van der Waals surface area contributed by atoms with Crippen LogP contribution in [0, 0.1) is 11.7 Å². The molecule has 2 N–H and O–H groups in total. The van der Waals surface area contributed by atoms with Crippen LogP contribution in [0.1, 0.15) is 19.3 Å². The van der Waals surface area contributed by atoms with Crippen molar-refractivity contribution in [1.29, 1.82) is 0 Å². The van der Waals surface area contributed by atoms with Gasteiger partial charge >= 0.3 is 5.97 Å². The van der Waals surface area contributed by atoms with Crippen LogP contribution < -0.4 is 10.6 Å². The number of allylic oxidation sites excluding steroid dienone is 2. The molecule has 0 bridgehead atoms. The summed E-state index contributed by atoms with van der Waals surface area (Å²) in [6.45, 7) is -0.682. The summed E-state index contributed by atoms with van der Waals surface area (Å²) >= 11 is 0. The van der Waals surface area contributed by atoms with E-state index in [1.54, 1.807) is 0 Å². The molecule has 1 aromatic carbocycles. The van der Waals surface area contributed by atoms with Gasteiger partial charge in [-0.05, 0) is 43.0 Å². The van der Waals surface area contributed by atoms with E-state index in [9.17, 15) is 18.8 Å². The SMILES string of the molecule is O=C(COC(=O)C[C@H]1C=CCC1)NCC(=O)Nc1ccc(F)cc1. The number of ether oxygens (including phenoxy) is 1. The first-order chi connectivity index (χ1) is 11.5. The van der Waals surface area contributed by atoms with Gasteiger partial charge in [0.05, 0.1) is 13.0 Å². The molecule has 24 heavy (non-hydrogen) atoms. The molecule has 6 nitrogen and oxygen atoms in total. The van der Waals surface area contributed by atoms with Crippen LogP contribution in [-0.2, 0) is 19.1 Å². The third kappa shape index (κ3) is 6.20. The summed E-state index contributed by atoms with van der Waals surface area (Å²) < 4.78 is 17.6. The van der Waals surface area contributed by atoms with Crippen molar-refractivity contribution in [3.8, 4) is 0 Å². The zero-order chi connectivity index (χ0) is 17.4. The van der Waals surface area contributed by atoms with Gasteiger partial charge in [0.2, 0.25) is 5.91 Å². The molecule has 1 aliphatic carbocycles. The van der Waals surface area contributed by atoms with Gasteiger partial charge in [-0.3, -0.25) is 14.4 Å². The topological polar surface area (TPSA) is 84.5 Å². The van der Waals surface area contributed by atoms with Crippen LogP contribution in [0.5, 0.6) is 0 Å². The smallest absolute Gasteiger partial charge is 0.306 e. The van der Waals surface area contributed by atoms with Crippen LogP contribution in [0.3, 0.4) is 0 Å². The minimum Gasteiger partial charge on any atom is -0.456 e. The van der Waals surface area contributed by atoms with Crippen LogP contribution in [-0.4, -0.2) is 30.9 Å². The van der Waals surface area contributed by atoms with Gasteiger partial charge < -0.3 is 15.4 Å². The molecule has 0 radical (unpaired) electrons. The highest BCUT2D eigenvalue weighted by atomic mass is 19.1. The Morgan fingerprint density at radius 3 is 2.58 bits per heavy atom. The summed E-state index contributed by atoms with van der Waals surface area (Å²) in [5.74, 6) is -1.67. The van der Waals surface area contributed by atoms with Gasteiger partial charge in [0, 0.05) is 5.69 Å². The van der Waals surface area contributed by atoms with Crippen LogP contribution in [0.2, 0.25) is 0 Å². The number of carbonyl (C=O) groups excluding carboxylic acids is 3. The van der Waals surface area contributed by atoms with E-state index >= 15 is 0 Å². The number of nitrogens with one attached hydrogen (secondary N) is 2. The van der Waals surface area contributed by atoms with E-state index in [1.165, 1.54) is 24.3 Å². The van der Waals surface area contributed by atoms with Crippen molar-refractivity contribution in [3.05, 3.63) is 42.2 Å². The summed E-state index contributed by atoms with van der Waals surface area (Å²) in [6.07, 6.45) is 6.13. The highest BCUT2D eigenvalue weighted by molar-refractivity contribution is 5.94. The van der Waals surface area contributed by atoms with Crippen molar-refractivity contribution in [3.63, 3.8) is 0 Å². The number of anilines is 1. The lowest BCUT2D eigenvalue weighted by molar-refractivity contribution is -0.149. The molecule has 2 amide bonds. The zero-order valence-corrected chi connectivity index (χ0v) is 13.1. The monoisotopic (exact) mass is 334 g/mol. The second kappa shape index (κ2) is 8.81. The largest absolute Gasteiger partial charge is 0.456 e. The third-order valence-electron chi connectivity index (χ3n) is 3.48. The number of halogens is 1. The molecule has 1 aliphatic rings. The van der Waals surface area contributed by atoms with Crippen molar-refractivity contribution < 1.29 is 23.5 Å². The molecular formula is C17H19FN2O4. The molecule has 1 atom stereocenters. The van der Waals surface area contributed by atoms with E-state index < -0.39 is 30.2 Å². The van der Waals surface area contributed by atoms with Crippen LogP contribution in [0.25, 0.3) is 0 Å². The van der Waals surface area contributed by atoms with E-state index in [-0.39, 0.29) is 18.9 Å². The summed E-state index contributed by atoms with van der Waals surface area (Å²) in [4.78, 5) is 34.8. The molecule has 0 aliphatic heterocycles. The molecular weight excluding hydrogens is 315 g/mol. The highest BCUT2D eigenvalue weighted by Crippen LogP contribution is 2.20. The first kappa shape index (κ1) is 17.7. The first-order valence-electron chi connectivity index (χ1n) is 7.67. The van der Waals surface area contributed by atoms with E-state index in [0.29, 0.717) is 5.69 Å². The van der Waals surface area contributed by atoms with E-state index in [4.69, 9.17) is 4.74 Å². The van der Waals surface area contributed by atoms with Gasteiger partial charge in [0.1, 0.15) is 5.82 Å². The normalized spacial score (nSPS) is 15.8. The average molecular weight is 334 g/mol. The van der Waals surface area contributed by atoms with E-state index in [0.717, 1.165) is 12.8 Å². The van der Waals surface area contributed by atoms with Crippen molar-refractivity contribution >= 4 is 23.5 Å². The lowest BCUT2D eigenvalue weighted by Crippen LogP contribution is -2.35. The first-order valence-corrected chi connectivity index (χ1v) is 7.67. The maximum Gasteiger partial charge on any atom is 0.306 e. The molecule has 0 saturated carbocycles. The molecule has 0 spiro atoms. The Balaban J connectivity index is 1.61.